The second-order valence-electron chi connectivity index (χ2n) is 4.00. The summed E-state index contributed by atoms with van der Waals surface area (Å²) in [5.74, 6) is -0.116. The van der Waals surface area contributed by atoms with E-state index in [1.165, 1.54) is 29.6 Å². The van der Waals surface area contributed by atoms with Gasteiger partial charge in [-0.1, -0.05) is 6.92 Å². The molecule has 96 valence electrons. The number of phenols is 1. The lowest BCUT2D eigenvalue weighted by atomic mass is 10.3. The third kappa shape index (κ3) is 2.70. The average Bonchev–Trinajstić information content (AvgIpc) is 2.30. The van der Waals surface area contributed by atoms with Crippen molar-refractivity contribution in [3.63, 3.8) is 0 Å². The van der Waals surface area contributed by atoms with Crippen LogP contribution in [0.4, 0.5) is 5.69 Å². The molecule has 1 unspecified atom stereocenters. The van der Waals surface area contributed by atoms with E-state index in [-0.39, 0.29) is 22.4 Å². The highest BCUT2D eigenvalue weighted by atomic mass is 32.2. The Kier molecular flexibility index (Phi) is 4.00. The van der Waals surface area contributed by atoms with Crippen LogP contribution < -0.4 is 5.73 Å². The first-order valence-corrected chi connectivity index (χ1v) is 6.81. The van der Waals surface area contributed by atoms with Crippen molar-refractivity contribution in [1.29, 1.82) is 0 Å². The molecule has 0 aromatic heterocycles. The summed E-state index contributed by atoms with van der Waals surface area (Å²) in [7, 11) is -2.01. The Labute approximate surface area is 102 Å². The highest BCUT2D eigenvalue weighted by Crippen LogP contribution is 2.25. The molecule has 5 nitrogen and oxygen atoms in total. The molecule has 0 amide bonds. The van der Waals surface area contributed by atoms with Crippen molar-refractivity contribution in [3.05, 3.63) is 18.2 Å². The van der Waals surface area contributed by atoms with E-state index in [0.717, 1.165) is 6.42 Å². The molecule has 0 aliphatic heterocycles. The first-order chi connectivity index (χ1) is 7.80. The first-order valence-electron chi connectivity index (χ1n) is 5.37. The number of phenolic OH excluding ortho intramolecular Hbond substituents is 1. The summed E-state index contributed by atoms with van der Waals surface area (Å²) in [4.78, 5) is 0.0931. The monoisotopic (exact) mass is 258 g/mol. The second kappa shape index (κ2) is 4.93. The van der Waals surface area contributed by atoms with E-state index in [9.17, 15) is 13.5 Å². The van der Waals surface area contributed by atoms with Crippen LogP contribution in [0.5, 0.6) is 5.75 Å². The quantitative estimate of drug-likeness (QED) is 0.631. The Balaban J connectivity index is 3.17. The molecule has 0 fully saturated rings. The number of rotatable bonds is 4. The van der Waals surface area contributed by atoms with Crippen LogP contribution in [0, 0.1) is 0 Å². The lowest BCUT2D eigenvalue weighted by Crippen LogP contribution is -2.34. The highest BCUT2D eigenvalue weighted by Gasteiger charge is 2.24. The van der Waals surface area contributed by atoms with Gasteiger partial charge in [0.2, 0.25) is 10.0 Å². The fraction of sp³-hybridized carbons (Fsp3) is 0.455. The molecule has 0 aliphatic rings. The molecule has 3 N–H and O–H groups in total. The number of nitrogen functional groups attached to an aromatic ring is 1. The van der Waals surface area contributed by atoms with Crippen LogP contribution in [0.25, 0.3) is 0 Å². The predicted molar refractivity (Wildman–Crippen MR) is 67.2 cm³/mol. The van der Waals surface area contributed by atoms with Crippen molar-refractivity contribution in [1.82, 2.24) is 4.31 Å². The van der Waals surface area contributed by atoms with E-state index in [1.54, 1.807) is 0 Å². The maximum Gasteiger partial charge on any atom is 0.243 e. The van der Waals surface area contributed by atoms with Gasteiger partial charge in [0.1, 0.15) is 5.75 Å². The number of hydrogen-bond donors (Lipinski definition) is 2. The molecule has 1 aromatic carbocycles. The average molecular weight is 258 g/mol. The minimum absolute atomic E-state index is 0.0589. The van der Waals surface area contributed by atoms with E-state index in [4.69, 9.17) is 5.73 Å². The molecule has 0 aliphatic carbocycles. The van der Waals surface area contributed by atoms with E-state index in [2.05, 4.69) is 0 Å². The lowest BCUT2D eigenvalue weighted by molar-refractivity contribution is 0.380. The molecule has 0 spiro atoms. The van der Waals surface area contributed by atoms with E-state index < -0.39 is 10.0 Å². The molecule has 1 rings (SSSR count). The third-order valence-corrected chi connectivity index (χ3v) is 4.86. The van der Waals surface area contributed by atoms with Gasteiger partial charge in [0.05, 0.1) is 10.6 Å². The third-order valence-electron chi connectivity index (χ3n) is 2.89. The Morgan fingerprint density at radius 1 is 1.47 bits per heavy atom. The molecule has 0 heterocycles. The van der Waals surface area contributed by atoms with Gasteiger partial charge in [-0.2, -0.15) is 4.31 Å². The SMILES string of the molecule is CCC(C)N(C)S(=O)(=O)c1ccc(O)c(N)c1. The summed E-state index contributed by atoms with van der Waals surface area (Å²) in [6, 6.07) is 3.81. The molecule has 0 saturated heterocycles. The van der Waals surface area contributed by atoms with Gasteiger partial charge >= 0.3 is 0 Å². The maximum absolute atomic E-state index is 12.2. The smallest absolute Gasteiger partial charge is 0.243 e. The molecule has 0 radical (unpaired) electrons. The van der Waals surface area contributed by atoms with Crippen LogP contribution in [0.3, 0.4) is 0 Å². The zero-order valence-electron chi connectivity index (χ0n) is 10.2. The lowest BCUT2D eigenvalue weighted by Gasteiger charge is -2.23. The molecule has 0 saturated carbocycles. The maximum atomic E-state index is 12.2. The van der Waals surface area contributed by atoms with Crippen LogP contribution in [0.1, 0.15) is 20.3 Å². The van der Waals surface area contributed by atoms with Crippen LogP contribution >= 0.6 is 0 Å². The largest absolute Gasteiger partial charge is 0.506 e. The molecular weight excluding hydrogens is 240 g/mol. The highest BCUT2D eigenvalue weighted by molar-refractivity contribution is 7.89. The summed E-state index contributed by atoms with van der Waals surface area (Å²) >= 11 is 0. The fourth-order valence-corrected chi connectivity index (χ4v) is 2.82. The number of aromatic hydroxyl groups is 1. The Bertz CT molecular complexity index is 499. The number of anilines is 1. The van der Waals surface area contributed by atoms with E-state index in [1.807, 2.05) is 13.8 Å². The van der Waals surface area contributed by atoms with Crippen LogP contribution in [0.2, 0.25) is 0 Å². The standard InChI is InChI=1S/C11H18N2O3S/c1-4-8(2)13(3)17(15,16)9-5-6-11(14)10(12)7-9/h5-8,14H,4,12H2,1-3H3. The molecule has 0 bridgehead atoms. The molecule has 1 aromatic rings. The summed E-state index contributed by atoms with van der Waals surface area (Å²) in [5.41, 5.74) is 5.55. The van der Waals surface area contributed by atoms with Crippen molar-refractivity contribution in [2.45, 2.75) is 31.2 Å². The van der Waals surface area contributed by atoms with Gasteiger partial charge in [0.15, 0.2) is 0 Å². The number of sulfonamides is 1. The van der Waals surface area contributed by atoms with Crippen molar-refractivity contribution in [3.8, 4) is 5.75 Å². The summed E-state index contributed by atoms with van der Waals surface area (Å²) in [6.45, 7) is 3.75. The van der Waals surface area contributed by atoms with Gasteiger partial charge < -0.3 is 10.8 Å². The fourth-order valence-electron chi connectivity index (χ4n) is 1.35. The molecule has 1 atom stereocenters. The number of benzene rings is 1. The van der Waals surface area contributed by atoms with Crippen molar-refractivity contribution < 1.29 is 13.5 Å². The Morgan fingerprint density at radius 2 is 2.06 bits per heavy atom. The van der Waals surface area contributed by atoms with E-state index in [0.29, 0.717) is 0 Å². The van der Waals surface area contributed by atoms with Gasteiger partial charge in [-0.25, -0.2) is 8.42 Å². The van der Waals surface area contributed by atoms with Crippen molar-refractivity contribution in [2.24, 2.45) is 0 Å². The first kappa shape index (κ1) is 13.8. The van der Waals surface area contributed by atoms with Gasteiger partial charge in [-0.15, -0.1) is 0 Å². The summed E-state index contributed by atoms with van der Waals surface area (Å²) in [5, 5.41) is 9.27. The number of nitrogens with zero attached hydrogens (tertiary/aromatic N) is 1. The summed E-state index contributed by atoms with van der Waals surface area (Å²) in [6.07, 6.45) is 0.725. The van der Waals surface area contributed by atoms with Crippen LogP contribution in [-0.4, -0.2) is 30.9 Å². The second-order valence-corrected chi connectivity index (χ2v) is 6.00. The number of nitrogens with two attached hydrogens (primary N) is 1. The van der Waals surface area contributed by atoms with Gasteiger partial charge in [0.25, 0.3) is 0 Å². The Hall–Kier alpha value is -1.27. The topological polar surface area (TPSA) is 83.6 Å². The zero-order valence-corrected chi connectivity index (χ0v) is 11.0. The van der Waals surface area contributed by atoms with Gasteiger partial charge in [-0.3, -0.25) is 0 Å². The van der Waals surface area contributed by atoms with Gasteiger partial charge in [-0.05, 0) is 31.5 Å². The minimum atomic E-state index is -3.55. The predicted octanol–water partition coefficient (Wildman–Crippen LogP) is 1.39. The molecular formula is C11H18N2O3S. The molecule has 6 heteroatoms. The number of hydrogen-bond acceptors (Lipinski definition) is 4. The Morgan fingerprint density at radius 3 is 2.53 bits per heavy atom. The van der Waals surface area contributed by atoms with Crippen molar-refractivity contribution >= 4 is 15.7 Å². The van der Waals surface area contributed by atoms with Crippen LogP contribution in [0.15, 0.2) is 23.1 Å². The summed E-state index contributed by atoms with van der Waals surface area (Å²) < 4.78 is 25.7. The van der Waals surface area contributed by atoms with Crippen molar-refractivity contribution in [2.75, 3.05) is 12.8 Å². The van der Waals surface area contributed by atoms with Gasteiger partial charge in [0, 0.05) is 13.1 Å². The van der Waals surface area contributed by atoms with E-state index >= 15 is 0 Å². The molecule has 17 heavy (non-hydrogen) atoms. The zero-order chi connectivity index (χ0) is 13.2. The normalized spacial score (nSPS) is 13.9. The minimum Gasteiger partial charge on any atom is -0.506 e. The van der Waals surface area contributed by atoms with Crippen LogP contribution in [-0.2, 0) is 10.0 Å².